The zero-order valence-electron chi connectivity index (χ0n) is 11.7. The van der Waals surface area contributed by atoms with E-state index in [0.717, 1.165) is 11.1 Å². The highest BCUT2D eigenvalue weighted by Gasteiger charge is 2.39. The Balaban J connectivity index is 2.07. The Hall–Kier alpha value is -1.88. The third-order valence-electron chi connectivity index (χ3n) is 3.55. The fraction of sp³-hybridized carbons (Fsp3) is 0.467. The van der Waals surface area contributed by atoms with Gasteiger partial charge in [0.2, 0.25) is 5.91 Å². The zero-order valence-corrected chi connectivity index (χ0v) is 11.7. The Morgan fingerprint density at radius 1 is 1.35 bits per heavy atom. The van der Waals surface area contributed by atoms with Gasteiger partial charge in [-0.05, 0) is 12.5 Å². The van der Waals surface area contributed by atoms with Crippen LogP contribution in [0.3, 0.4) is 0 Å². The number of rotatable bonds is 3. The van der Waals surface area contributed by atoms with E-state index >= 15 is 0 Å². The minimum atomic E-state index is -0.673. The third-order valence-corrected chi connectivity index (χ3v) is 3.55. The van der Waals surface area contributed by atoms with E-state index in [-0.39, 0.29) is 25.3 Å². The van der Waals surface area contributed by atoms with Crippen LogP contribution in [0.25, 0.3) is 0 Å². The molecule has 1 amide bonds. The molecule has 0 saturated carbocycles. The maximum absolute atomic E-state index is 12.3. The fourth-order valence-corrected chi connectivity index (χ4v) is 2.43. The quantitative estimate of drug-likeness (QED) is 0.825. The molecule has 1 heterocycles. The second-order valence-electron chi connectivity index (χ2n) is 5.14. The Bertz CT molecular complexity index is 497. The molecule has 5 heteroatoms. The van der Waals surface area contributed by atoms with Gasteiger partial charge in [-0.3, -0.25) is 4.79 Å². The maximum Gasteiger partial charge on any atom is 0.328 e. The van der Waals surface area contributed by atoms with Crippen molar-refractivity contribution in [1.82, 2.24) is 4.90 Å². The SMILES string of the molecule is COC(=O)C1CC(O)CN1C(=O)Cc1ccc(C)cc1. The van der Waals surface area contributed by atoms with Gasteiger partial charge in [-0.2, -0.15) is 0 Å². The van der Waals surface area contributed by atoms with Crippen molar-refractivity contribution in [2.45, 2.75) is 31.9 Å². The first-order valence-corrected chi connectivity index (χ1v) is 6.62. The molecule has 0 aliphatic carbocycles. The number of amides is 1. The summed E-state index contributed by atoms with van der Waals surface area (Å²) in [5.41, 5.74) is 2.02. The molecule has 0 radical (unpaired) electrons. The predicted molar refractivity (Wildman–Crippen MR) is 73.0 cm³/mol. The van der Waals surface area contributed by atoms with Crippen molar-refractivity contribution in [1.29, 1.82) is 0 Å². The van der Waals surface area contributed by atoms with Crippen LogP contribution >= 0.6 is 0 Å². The number of aliphatic hydroxyl groups is 1. The summed E-state index contributed by atoms with van der Waals surface area (Å²) >= 11 is 0. The number of benzene rings is 1. The van der Waals surface area contributed by atoms with E-state index in [4.69, 9.17) is 0 Å². The number of aliphatic hydroxyl groups excluding tert-OH is 1. The van der Waals surface area contributed by atoms with Gasteiger partial charge in [0.1, 0.15) is 6.04 Å². The lowest BCUT2D eigenvalue weighted by Crippen LogP contribution is -2.42. The summed E-state index contributed by atoms with van der Waals surface area (Å²) in [6, 6.07) is 7.01. The molecule has 20 heavy (non-hydrogen) atoms. The van der Waals surface area contributed by atoms with Crippen molar-refractivity contribution in [2.24, 2.45) is 0 Å². The molecule has 1 aromatic rings. The highest BCUT2D eigenvalue weighted by molar-refractivity contribution is 5.86. The number of likely N-dealkylation sites (tertiary alicyclic amines) is 1. The molecule has 1 fully saturated rings. The fourth-order valence-electron chi connectivity index (χ4n) is 2.43. The average molecular weight is 277 g/mol. The van der Waals surface area contributed by atoms with E-state index in [2.05, 4.69) is 4.74 Å². The van der Waals surface area contributed by atoms with Crippen LogP contribution in [0.2, 0.25) is 0 Å². The highest BCUT2D eigenvalue weighted by atomic mass is 16.5. The minimum Gasteiger partial charge on any atom is -0.467 e. The number of carbonyl (C=O) groups excluding carboxylic acids is 2. The van der Waals surface area contributed by atoms with Gasteiger partial charge >= 0.3 is 5.97 Å². The van der Waals surface area contributed by atoms with Crippen molar-refractivity contribution < 1.29 is 19.4 Å². The first-order chi connectivity index (χ1) is 9.51. The maximum atomic E-state index is 12.3. The molecule has 0 spiro atoms. The van der Waals surface area contributed by atoms with Crippen LogP contribution in [0.15, 0.2) is 24.3 Å². The number of carbonyl (C=O) groups is 2. The van der Waals surface area contributed by atoms with Crippen LogP contribution in [0, 0.1) is 6.92 Å². The Morgan fingerprint density at radius 3 is 2.60 bits per heavy atom. The number of esters is 1. The summed E-state index contributed by atoms with van der Waals surface area (Å²) in [4.78, 5) is 25.3. The summed E-state index contributed by atoms with van der Waals surface area (Å²) < 4.78 is 4.68. The van der Waals surface area contributed by atoms with E-state index in [1.54, 1.807) is 0 Å². The average Bonchev–Trinajstić information content (AvgIpc) is 2.82. The molecule has 5 nitrogen and oxygen atoms in total. The van der Waals surface area contributed by atoms with Gasteiger partial charge in [0.15, 0.2) is 0 Å². The largest absolute Gasteiger partial charge is 0.467 e. The van der Waals surface area contributed by atoms with E-state index in [1.165, 1.54) is 12.0 Å². The van der Waals surface area contributed by atoms with Crippen molar-refractivity contribution in [3.05, 3.63) is 35.4 Å². The van der Waals surface area contributed by atoms with Crippen LogP contribution in [-0.2, 0) is 20.7 Å². The number of β-amino-alcohol motifs (C(OH)–C–C–N with tert-alkyl or cyclic N) is 1. The van der Waals surface area contributed by atoms with Gasteiger partial charge in [-0.1, -0.05) is 29.8 Å². The lowest BCUT2D eigenvalue weighted by atomic mass is 10.1. The molecule has 1 aliphatic heterocycles. The monoisotopic (exact) mass is 277 g/mol. The van der Waals surface area contributed by atoms with Crippen molar-refractivity contribution >= 4 is 11.9 Å². The molecule has 2 atom stereocenters. The Kier molecular flexibility index (Phi) is 4.39. The summed E-state index contributed by atoms with van der Waals surface area (Å²) in [5, 5.41) is 9.66. The van der Waals surface area contributed by atoms with E-state index < -0.39 is 18.1 Å². The second-order valence-corrected chi connectivity index (χ2v) is 5.14. The van der Waals surface area contributed by atoms with E-state index in [0.29, 0.717) is 0 Å². The molecule has 0 aromatic heterocycles. The number of methoxy groups -OCH3 is 1. The number of ether oxygens (including phenoxy) is 1. The molecule has 1 saturated heterocycles. The van der Waals surface area contributed by atoms with Crippen molar-refractivity contribution in [3.63, 3.8) is 0 Å². The number of hydrogen-bond acceptors (Lipinski definition) is 4. The van der Waals surface area contributed by atoms with Gasteiger partial charge in [0.25, 0.3) is 0 Å². The number of nitrogens with zero attached hydrogens (tertiary/aromatic N) is 1. The summed E-state index contributed by atoms with van der Waals surface area (Å²) in [7, 11) is 1.29. The van der Waals surface area contributed by atoms with Crippen LogP contribution in [0.4, 0.5) is 0 Å². The molecule has 0 bridgehead atoms. The normalized spacial score (nSPS) is 21.9. The molecule has 1 aromatic carbocycles. The molecular formula is C15H19NO4. The van der Waals surface area contributed by atoms with Crippen LogP contribution in [0.5, 0.6) is 0 Å². The molecule has 108 valence electrons. The van der Waals surface area contributed by atoms with Crippen LogP contribution in [0.1, 0.15) is 17.5 Å². The van der Waals surface area contributed by atoms with Gasteiger partial charge in [-0.25, -0.2) is 4.79 Å². The topological polar surface area (TPSA) is 66.8 Å². The van der Waals surface area contributed by atoms with Gasteiger partial charge in [0, 0.05) is 13.0 Å². The summed E-state index contributed by atoms with van der Waals surface area (Å²) in [6.45, 7) is 2.17. The van der Waals surface area contributed by atoms with Gasteiger partial charge in [-0.15, -0.1) is 0 Å². The number of aryl methyl sites for hydroxylation is 1. The standard InChI is InChI=1S/C15H19NO4/c1-10-3-5-11(6-4-10)7-14(18)16-9-12(17)8-13(16)15(19)20-2/h3-6,12-13,17H,7-9H2,1-2H3. The highest BCUT2D eigenvalue weighted by Crippen LogP contribution is 2.20. The van der Waals surface area contributed by atoms with Crippen molar-refractivity contribution in [3.8, 4) is 0 Å². The molecule has 1 N–H and O–H groups in total. The van der Waals surface area contributed by atoms with Crippen LogP contribution in [-0.4, -0.2) is 47.7 Å². The first-order valence-electron chi connectivity index (χ1n) is 6.62. The second kappa shape index (κ2) is 6.05. The van der Waals surface area contributed by atoms with E-state index in [1.807, 2.05) is 31.2 Å². The van der Waals surface area contributed by atoms with Crippen LogP contribution < -0.4 is 0 Å². The summed E-state index contributed by atoms with van der Waals surface area (Å²) in [6.07, 6.45) is -0.201. The molecule has 2 unspecified atom stereocenters. The third kappa shape index (κ3) is 3.17. The predicted octanol–water partition coefficient (Wildman–Crippen LogP) is 0.672. The Labute approximate surface area is 118 Å². The van der Waals surface area contributed by atoms with Gasteiger partial charge in [0.05, 0.1) is 19.6 Å². The van der Waals surface area contributed by atoms with Crippen molar-refractivity contribution in [2.75, 3.05) is 13.7 Å². The Morgan fingerprint density at radius 2 is 2.00 bits per heavy atom. The lowest BCUT2D eigenvalue weighted by Gasteiger charge is -2.22. The summed E-state index contributed by atoms with van der Waals surface area (Å²) in [5.74, 6) is -0.639. The lowest BCUT2D eigenvalue weighted by molar-refractivity contribution is -0.150. The molecule has 2 rings (SSSR count). The zero-order chi connectivity index (χ0) is 14.7. The smallest absolute Gasteiger partial charge is 0.328 e. The van der Waals surface area contributed by atoms with Gasteiger partial charge < -0.3 is 14.7 Å². The van der Waals surface area contributed by atoms with E-state index in [9.17, 15) is 14.7 Å². The minimum absolute atomic E-state index is 0.166. The molecule has 1 aliphatic rings. The molecular weight excluding hydrogens is 258 g/mol. The number of hydrogen-bond donors (Lipinski definition) is 1. The first kappa shape index (κ1) is 14.5.